The fourth-order valence-electron chi connectivity index (χ4n) is 2.48. The van der Waals surface area contributed by atoms with E-state index in [1.165, 1.54) is 5.56 Å². The van der Waals surface area contributed by atoms with Gasteiger partial charge in [-0.15, -0.1) is 0 Å². The summed E-state index contributed by atoms with van der Waals surface area (Å²) in [4.78, 5) is 14.2. The van der Waals surface area contributed by atoms with Crippen LogP contribution in [0.25, 0.3) is 0 Å². The lowest BCUT2D eigenvalue weighted by atomic mass is 10.0. The van der Waals surface area contributed by atoms with E-state index in [2.05, 4.69) is 50.4 Å². The largest absolute Gasteiger partial charge is 0.311 e. The summed E-state index contributed by atoms with van der Waals surface area (Å²) in [7, 11) is 0. The zero-order valence-corrected chi connectivity index (χ0v) is 12.1. The highest BCUT2D eigenvalue weighted by atomic mass is 16.2. The van der Waals surface area contributed by atoms with Crippen LogP contribution in [0.2, 0.25) is 0 Å². The fourth-order valence-corrected chi connectivity index (χ4v) is 2.48. The molecular weight excluding hydrogens is 236 g/mol. The second-order valence-corrected chi connectivity index (χ2v) is 5.53. The van der Waals surface area contributed by atoms with Crippen LogP contribution in [0.1, 0.15) is 45.1 Å². The maximum atomic E-state index is 12.3. The average Bonchev–Trinajstić information content (AvgIpc) is 2.78. The molecule has 19 heavy (non-hydrogen) atoms. The molecule has 1 fully saturated rings. The molecule has 3 heteroatoms. The van der Waals surface area contributed by atoms with Crippen LogP contribution in [0.5, 0.6) is 0 Å². The van der Waals surface area contributed by atoms with Gasteiger partial charge in [-0.2, -0.15) is 0 Å². The van der Waals surface area contributed by atoms with E-state index in [4.69, 9.17) is 0 Å². The molecule has 1 aromatic rings. The molecule has 1 aliphatic heterocycles. The van der Waals surface area contributed by atoms with Gasteiger partial charge < -0.3 is 10.2 Å². The van der Waals surface area contributed by atoms with Gasteiger partial charge in [-0.1, -0.05) is 32.9 Å². The van der Waals surface area contributed by atoms with Crippen LogP contribution in [-0.4, -0.2) is 25.0 Å². The molecule has 2 rings (SSSR count). The van der Waals surface area contributed by atoms with Gasteiger partial charge in [0.15, 0.2) is 0 Å². The Morgan fingerprint density at radius 2 is 2.00 bits per heavy atom. The van der Waals surface area contributed by atoms with Crippen molar-refractivity contribution in [3.63, 3.8) is 0 Å². The number of hydrogen-bond donors (Lipinski definition) is 1. The van der Waals surface area contributed by atoms with E-state index in [0.717, 1.165) is 31.6 Å². The minimum atomic E-state index is 0.00438. The van der Waals surface area contributed by atoms with Crippen LogP contribution >= 0.6 is 0 Å². The summed E-state index contributed by atoms with van der Waals surface area (Å²) in [6, 6.07) is 8.38. The molecule has 0 saturated carbocycles. The summed E-state index contributed by atoms with van der Waals surface area (Å²) in [5.41, 5.74) is 2.34. The second kappa shape index (κ2) is 6.20. The lowest BCUT2D eigenvalue weighted by molar-refractivity contribution is -0.118. The van der Waals surface area contributed by atoms with Gasteiger partial charge in [0.25, 0.3) is 0 Å². The lowest BCUT2D eigenvalue weighted by Crippen LogP contribution is -2.38. The van der Waals surface area contributed by atoms with Crippen molar-refractivity contribution in [1.29, 1.82) is 0 Å². The van der Waals surface area contributed by atoms with Crippen molar-refractivity contribution in [2.45, 2.75) is 45.6 Å². The third kappa shape index (κ3) is 3.16. The zero-order valence-electron chi connectivity index (χ0n) is 12.1. The molecule has 0 radical (unpaired) electrons. The van der Waals surface area contributed by atoms with E-state index in [1.54, 1.807) is 0 Å². The van der Waals surface area contributed by atoms with Gasteiger partial charge in [-0.3, -0.25) is 4.79 Å². The van der Waals surface area contributed by atoms with E-state index in [9.17, 15) is 4.79 Å². The first-order valence-electron chi connectivity index (χ1n) is 7.28. The van der Waals surface area contributed by atoms with E-state index >= 15 is 0 Å². The molecule has 1 aliphatic rings. The number of benzene rings is 1. The summed E-state index contributed by atoms with van der Waals surface area (Å²) in [6.45, 7) is 8.22. The van der Waals surface area contributed by atoms with Gasteiger partial charge in [0.05, 0.1) is 6.04 Å². The van der Waals surface area contributed by atoms with Crippen molar-refractivity contribution in [3.05, 3.63) is 29.8 Å². The zero-order chi connectivity index (χ0) is 13.8. The maximum absolute atomic E-state index is 12.3. The molecule has 104 valence electrons. The standard InChI is InChI=1S/C16H24N2O/c1-4-10-17-15-9-11-18(16(15)19)14-7-5-13(6-8-14)12(2)3/h5-8,12,15,17H,4,9-11H2,1-3H3. The molecule has 1 amide bonds. The molecule has 0 aliphatic carbocycles. The van der Waals surface area contributed by atoms with Crippen LogP contribution < -0.4 is 10.2 Å². The normalized spacial score (nSPS) is 19.5. The van der Waals surface area contributed by atoms with E-state index < -0.39 is 0 Å². The molecule has 1 N–H and O–H groups in total. The number of anilines is 1. The first-order chi connectivity index (χ1) is 9.13. The minimum absolute atomic E-state index is 0.00438. The molecule has 1 aromatic carbocycles. The molecule has 0 spiro atoms. The van der Waals surface area contributed by atoms with Gasteiger partial charge in [-0.25, -0.2) is 0 Å². The Bertz CT molecular complexity index is 425. The summed E-state index contributed by atoms with van der Waals surface area (Å²) in [6.07, 6.45) is 1.97. The monoisotopic (exact) mass is 260 g/mol. The Labute approximate surface area is 116 Å². The Hall–Kier alpha value is -1.35. The third-order valence-electron chi connectivity index (χ3n) is 3.72. The SMILES string of the molecule is CCCNC1CCN(c2ccc(C(C)C)cc2)C1=O. The number of amides is 1. The van der Waals surface area contributed by atoms with E-state index in [0.29, 0.717) is 5.92 Å². The number of carbonyl (C=O) groups is 1. The van der Waals surface area contributed by atoms with Crippen LogP contribution in [0.4, 0.5) is 5.69 Å². The molecule has 1 atom stereocenters. The first kappa shape index (κ1) is 14.1. The molecule has 1 unspecified atom stereocenters. The predicted octanol–water partition coefficient (Wildman–Crippen LogP) is 2.91. The van der Waals surface area contributed by atoms with Crippen LogP contribution in [0.3, 0.4) is 0 Å². The van der Waals surface area contributed by atoms with Gasteiger partial charge in [0.1, 0.15) is 0 Å². The third-order valence-corrected chi connectivity index (χ3v) is 3.72. The number of hydrogen-bond acceptors (Lipinski definition) is 2. The van der Waals surface area contributed by atoms with Gasteiger partial charge in [0.2, 0.25) is 5.91 Å². The quantitative estimate of drug-likeness (QED) is 0.883. The van der Waals surface area contributed by atoms with Crippen molar-refractivity contribution < 1.29 is 4.79 Å². The van der Waals surface area contributed by atoms with Crippen LogP contribution in [0, 0.1) is 0 Å². The molecule has 0 aromatic heterocycles. The van der Waals surface area contributed by atoms with Crippen LogP contribution in [0.15, 0.2) is 24.3 Å². The predicted molar refractivity (Wildman–Crippen MR) is 79.6 cm³/mol. The van der Waals surface area contributed by atoms with Gasteiger partial charge >= 0.3 is 0 Å². The van der Waals surface area contributed by atoms with Gasteiger partial charge in [-0.05, 0) is 43.0 Å². The topological polar surface area (TPSA) is 32.3 Å². The molecule has 1 heterocycles. The summed E-state index contributed by atoms with van der Waals surface area (Å²) < 4.78 is 0. The Morgan fingerprint density at radius 3 is 2.58 bits per heavy atom. The van der Waals surface area contributed by atoms with Crippen molar-refractivity contribution in [3.8, 4) is 0 Å². The number of nitrogens with zero attached hydrogens (tertiary/aromatic N) is 1. The maximum Gasteiger partial charge on any atom is 0.244 e. The Balaban J connectivity index is 2.04. The highest BCUT2D eigenvalue weighted by molar-refractivity contribution is 5.99. The smallest absolute Gasteiger partial charge is 0.244 e. The Kier molecular flexibility index (Phi) is 4.59. The first-order valence-corrected chi connectivity index (χ1v) is 7.28. The summed E-state index contributed by atoms with van der Waals surface area (Å²) >= 11 is 0. The number of nitrogens with one attached hydrogen (secondary N) is 1. The van der Waals surface area contributed by atoms with Crippen LogP contribution in [-0.2, 0) is 4.79 Å². The fraction of sp³-hybridized carbons (Fsp3) is 0.562. The van der Waals surface area contributed by atoms with Crippen molar-refractivity contribution in [2.24, 2.45) is 0 Å². The van der Waals surface area contributed by atoms with Crippen molar-refractivity contribution in [1.82, 2.24) is 5.32 Å². The molecular formula is C16H24N2O. The lowest BCUT2D eigenvalue weighted by Gasteiger charge is -2.18. The van der Waals surface area contributed by atoms with E-state index in [1.807, 2.05) is 4.90 Å². The van der Waals surface area contributed by atoms with Crippen molar-refractivity contribution >= 4 is 11.6 Å². The van der Waals surface area contributed by atoms with E-state index in [-0.39, 0.29) is 11.9 Å². The summed E-state index contributed by atoms with van der Waals surface area (Å²) in [5, 5.41) is 3.32. The second-order valence-electron chi connectivity index (χ2n) is 5.53. The number of carbonyl (C=O) groups excluding carboxylic acids is 1. The summed E-state index contributed by atoms with van der Waals surface area (Å²) in [5.74, 6) is 0.744. The highest BCUT2D eigenvalue weighted by Crippen LogP contribution is 2.24. The molecule has 1 saturated heterocycles. The van der Waals surface area contributed by atoms with Gasteiger partial charge in [0, 0.05) is 12.2 Å². The minimum Gasteiger partial charge on any atom is -0.311 e. The molecule has 0 bridgehead atoms. The number of rotatable bonds is 5. The highest BCUT2D eigenvalue weighted by Gasteiger charge is 2.31. The van der Waals surface area contributed by atoms with Crippen molar-refractivity contribution in [2.75, 3.05) is 18.0 Å². The molecule has 3 nitrogen and oxygen atoms in total. The average molecular weight is 260 g/mol. The Morgan fingerprint density at radius 1 is 1.32 bits per heavy atom.